The van der Waals surface area contributed by atoms with Gasteiger partial charge in [0.25, 0.3) is 0 Å². The van der Waals surface area contributed by atoms with Crippen LogP contribution in [0.3, 0.4) is 0 Å². The molecule has 4 atom stereocenters. The molecular weight excluding hydrogens is 194 g/mol. The van der Waals surface area contributed by atoms with Crippen molar-refractivity contribution in [2.75, 3.05) is 6.61 Å². The average Bonchev–Trinajstić information content (AvgIpc) is 2.17. The van der Waals surface area contributed by atoms with E-state index in [1.165, 1.54) is 0 Å². The van der Waals surface area contributed by atoms with Crippen LogP contribution < -0.4 is 0 Å². The molecule has 3 nitrogen and oxygen atoms in total. The van der Waals surface area contributed by atoms with E-state index >= 15 is 0 Å². The van der Waals surface area contributed by atoms with Crippen molar-refractivity contribution in [2.24, 2.45) is 0 Å². The highest BCUT2D eigenvalue weighted by Crippen LogP contribution is 2.28. The van der Waals surface area contributed by atoms with Crippen LogP contribution in [0, 0.1) is 0 Å². The second kappa shape index (κ2) is 4.45. The minimum Gasteiger partial charge on any atom is -0.393 e. The molecule has 0 aromatic carbocycles. The van der Waals surface area contributed by atoms with Crippen LogP contribution in [0.4, 0.5) is 0 Å². The smallest absolute Gasteiger partial charge is 0.143 e. The van der Waals surface area contributed by atoms with Gasteiger partial charge >= 0.3 is 0 Å². The number of hydrogen-bond donors (Lipinski definition) is 1. The monoisotopic (exact) mass is 206 g/mol. The van der Waals surface area contributed by atoms with E-state index in [0.29, 0.717) is 0 Å². The fraction of sp³-hybridized carbons (Fsp3) is 0.429. The molecule has 0 aromatic rings. The Labute approximate surface area is 76.4 Å². The summed E-state index contributed by atoms with van der Waals surface area (Å²) in [6.45, 7) is -0.115. The van der Waals surface area contributed by atoms with E-state index in [-0.39, 0.29) is 12.7 Å². The highest BCUT2D eigenvalue weighted by Gasteiger charge is 2.36. The van der Waals surface area contributed by atoms with Gasteiger partial charge in [-0.05, 0) is 6.08 Å². The van der Waals surface area contributed by atoms with Crippen molar-refractivity contribution in [3.63, 3.8) is 0 Å². The Morgan fingerprint density at radius 1 is 1.42 bits per heavy atom. The van der Waals surface area contributed by atoms with Crippen LogP contribution in [0.2, 0.25) is 0 Å². The summed E-state index contributed by atoms with van der Waals surface area (Å²) in [5, 5.41) is 9.13. The Morgan fingerprint density at radius 3 is 2.58 bits per heavy atom. The van der Waals surface area contributed by atoms with E-state index in [9.17, 15) is 0 Å². The Bertz CT molecular complexity index is 199. The van der Waals surface area contributed by atoms with Crippen molar-refractivity contribution < 1.29 is 14.2 Å². The molecule has 0 aliphatic heterocycles. The van der Waals surface area contributed by atoms with Gasteiger partial charge in [0, 0.05) is 18.9 Å². The molecule has 68 valence electrons. The Morgan fingerprint density at radius 2 is 2.17 bits per heavy atom. The lowest BCUT2D eigenvalue weighted by Gasteiger charge is -2.33. The van der Waals surface area contributed by atoms with Crippen LogP contribution in [-0.2, 0) is 9.05 Å². The first-order valence-corrected chi connectivity index (χ1v) is 4.43. The zero-order chi connectivity index (χ0) is 9.03. The van der Waals surface area contributed by atoms with Crippen LogP contribution in [0.25, 0.3) is 0 Å². The Kier molecular flexibility index (Phi) is 3.82. The van der Waals surface area contributed by atoms with Gasteiger partial charge in [0.05, 0.1) is 6.61 Å². The van der Waals surface area contributed by atoms with Crippen LogP contribution in [-0.4, -0.2) is 23.4 Å². The van der Waals surface area contributed by atoms with Crippen LogP contribution >= 0.6 is 18.9 Å². The second-order valence-electron chi connectivity index (χ2n) is 2.53. The van der Waals surface area contributed by atoms with Gasteiger partial charge in [0.15, 0.2) is 0 Å². The molecule has 5 heteroatoms. The normalized spacial score (nSPS) is 34.1. The third kappa shape index (κ3) is 1.76. The fourth-order valence-electron chi connectivity index (χ4n) is 1.09. The molecule has 1 rings (SSSR count). The maximum atomic E-state index is 9.13. The fourth-order valence-corrected chi connectivity index (χ4v) is 1.70. The van der Waals surface area contributed by atoms with E-state index in [1.807, 2.05) is 18.2 Å². The lowest BCUT2D eigenvalue weighted by atomic mass is 9.93. The summed E-state index contributed by atoms with van der Waals surface area (Å²) >= 11 is 0. The van der Waals surface area contributed by atoms with Crippen LogP contribution in [0.5, 0.6) is 0 Å². The van der Waals surface area contributed by atoms with Crippen LogP contribution in [0.15, 0.2) is 24.3 Å². The van der Waals surface area contributed by atoms with E-state index in [2.05, 4.69) is 18.9 Å². The van der Waals surface area contributed by atoms with Gasteiger partial charge in [0.2, 0.25) is 0 Å². The average molecular weight is 206 g/mol. The molecule has 0 aromatic heterocycles. The number of aliphatic hydroxyl groups excluding tert-OH is 1. The standard InChI is InChI=1S/C7H12O3P2/c8-5-7(10-12)4-2-1-3-6(7)9-11/h1-4,6,8H,5,11-12H2/t6-,7-/m1/s1. The first-order valence-electron chi connectivity index (χ1n) is 3.49. The summed E-state index contributed by atoms with van der Waals surface area (Å²) in [4.78, 5) is 0. The molecule has 1 aliphatic rings. The molecule has 0 bridgehead atoms. The molecule has 2 unspecified atom stereocenters. The highest BCUT2D eigenvalue weighted by atomic mass is 31.0. The third-order valence-corrected chi connectivity index (χ3v) is 2.60. The molecular formula is C7H12O3P2. The lowest BCUT2D eigenvalue weighted by molar-refractivity contribution is -0.00256. The third-order valence-electron chi connectivity index (χ3n) is 1.87. The van der Waals surface area contributed by atoms with Crippen molar-refractivity contribution in [2.45, 2.75) is 11.7 Å². The summed E-state index contributed by atoms with van der Waals surface area (Å²) in [6.07, 6.45) is 7.00. The van der Waals surface area contributed by atoms with Crippen molar-refractivity contribution in [1.82, 2.24) is 0 Å². The molecule has 1 N–H and O–H groups in total. The van der Waals surface area contributed by atoms with Gasteiger partial charge in [0.1, 0.15) is 11.7 Å². The highest BCUT2D eigenvalue weighted by molar-refractivity contribution is 7.10. The predicted molar refractivity (Wildman–Crippen MR) is 53.5 cm³/mol. The maximum absolute atomic E-state index is 9.13. The zero-order valence-electron chi connectivity index (χ0n) is 6.51. The van der Waals surface area contributed by atoms with Gasteiger partial charge in [-0.3, -0.25) is 0 Å². The Balaban J connectivity index is 2.84. The first-order chi connectivity index (χ1) is 5.79. The molecule has 0 saturated carbocycles. The topological polar surface area (TPSA) is 38.7 Å². The van der Waals surface area contributed by atoms with E-state index < -0.39 is 5.60 Å². The quantitative estimate of drug-likeness (QED) is 0.695. The van der Waals surface area contributed by atoms with Gasteiger partial charge in [-0.2, -0.15) is 0 Å². The number of allylic oxidation sites excluding steroid dienone is 2. The Hall–Kier alpha value is 0.220. The molecule has 12 heavy (non-hydrogen) atoms. The molecule has 0 saturated heterocycles. The summed E-state index contributed by atoms with van der Waals surface area (Å²) in [7, 11) is 4.30. The lowest BCUT2D eigenvalue weighted by Crippen LogP contribution is -2.44. The summed E-state index contributed by atoms with van der Waals surface area (Å²) in [5.74, 6) is 0. The van der Waals surface area contributed by atoms with Crippen LogP contribution in [0.1, 0.15) is 0 Å². The summed E-state index contributed by atoms with van der Waals surface area (Å²) < 4.78 is 10.2. The SMILES string of the molecule is OC[C@]1(OP)C=CC=C[C@H]1OP. The zero-order valence-corrected chi connectivity index (χ0v) is 8.82. The summed E-state index contributed by atoms with van der Waals surface area (Å²) in [6, 6.07) is 0. The number of aliphatic hydroxyl groups is 1. The number of hydrogen-bond acceptors (Lipinski definition) is 3. The van der Waals surface area contributed by atoms with E-state index in [1.54, 1.807) is 6.08 Å². The van der Waals surface area contributed by atoms with E-state index in [4.69, 9.17) is 14.2 Å². The first kappa shape index (κ1) is 10.3. The minimum absolute atomic E-state index is 0.115. The van der Waals surface area contributed by atoms with Gasteiger partial charge in [-0.1, -0.05) is 18.2 Å². The van der Waals surface area contributed by atoms with Gasteiger partial charge in [-0.25, -0.2) is 0 Å². The van der Waals surface area contributed by atoms with Crippen molar-refractivity contribution >= 4 is 18.9 Å². The van der Waals surface area contributed by atoms with Crippen molar-refractivity contribution in [3.8, 4) is 0 Å². The minimum atomic E-state index is -0.763. The molecule has 0 amide bonds. The molecule has 0 fully saturated rings. The van der Waals surface area contributed by atoms with Crippen molar-refractivity contribution in [1.29, 1.82) is 0 Å². The predicted octanol–water partition coefficient (Wildman–Crippen LogP) is 0.825. The van der Waals surface area contributed by atoms with Crippen molar-refractivity contribution in [3.05, 3.63) is 24.3 Å². The molecule has 0 heterocycles. The summed E-state index contributed by atoms with van der Waals surface area (Å²) in [5.41, 5.74) is -0.763. The maximum Gasteiger partial charge on any atom is 0.143 e. The molecule has 1 aliphatic carbocycles. The van der Waals surface area contributed by atoms with Gasteiger partial charge in [-0.15, -0.1) is 0 Å². The van der Waals surface area contributed by atoms with E-state index in [0.717, 1.165) is 0 Å². The van der Waals surface area contributed by atoms with Gasteiger partial charge < -0.3 is 14.2 Å². The second-order valence-corrected chi connectivity index (χ2v) is 3.04. The molecule has 0 radical (unpaired) electrons. The largest absolute Gasteiger partial charge is 0.393 e. The molecule has 0 spiro atoms. The number of rotatable bonds is 3.